The van der Waals surface area contributed by atoms with Crippen LogP contribution in [0.3, 0.4) is 0 Å². The predicted molar refractivity (Wildman–Crippen MR) is 78.4 cm³/mol. The Hall–Kier alpha value is -1.52. The van der Waals surface area contributed by atoms with E-state index in [0.29, 0.717) is 5.57 Å². The average molecular weight is 285 g/mol. The fourth-order valence-corrected chi connectivity index (χ4v) is 1.52. The summed E-state index contributed by atoms with van der Waals surface area (Å²) in [4.78, 5) is 23.1. The maximum Gasteiger partial charge on any atom is 0.407 e. The van der Waals surface area contributed by atoms with E-state index >= 15 is 0 Å². The lowest BCUT2D eigenvalue weighted by atomic mass is 10.1. The highest BCUT2D eigenvalue weighted by Crippen LogP contribution is 2.09. The minimum absolute atomic E-state index is 0.0406. The van der Waals surface area contributed by atoms with Gasteiger partial charge in [-0.1, -0.05) is 33.8 Å². The first-order valence-corrected chi connectivity index (χ1v) is 7.07. The Morgan fingerprint density at radius 2 is 1.85 bits per heavy atom. The summed E-state index contributed by atoms with van der Waals surface area (Å²) in [5.41, 5.74) is 0.327. The number of hydrogen-bond acceptors (Lipinski definition) is 4. The lowest BCUT2D eigenvalue weighted by molar-refractivity contribution is -0.142. The molecule has 0 aliphatic rings. The smallest absolute Gasteiger partial charge is 0.407 e. The van der Waals surface area contributed by atoms with Crippen LogP contribution >= 0.6 is 0 Å². The molecule has 0 aromatic carbocycles. The van der Waals surface area contributed by atoms with Crippen molar-refractivity contribution in [1.29, 1.82) is 0 Å². The maximum absolute atomic E-state index is 11.7. The van der Waals surface area contributed by atoms with Crippen molar-refractivity contribution in [2.75, 3.05) is 6.61 Å². The molecule has 5 nitrogen and oxygen atoms in total. The van der Waals surface area contributed by atoms with Crippen molar-refractivity contribution in [1.82, 2.24) is 5.32 Å². The van der Waals surface area contributed by atoms with Gasteiger partial charge in [0.05, 0.1) is 0 Å². The van der Waals surface area contributed by atoms with E-state index < -0.39 is 18.2 Å². The number of alkyl carbamates (subject to hydrolysis) is 1. The topological polar surface area (TPSA) is 64.6 Å². The Balaban J connectivity index is 4.30. The number of nitrogens with one attached hydrogen (secondary N) is 1. The van der Waals surface area contributed by atoms with Crippen molar-refractivity contribution in [2.24, 2.45) is 5.92 Å². The molecule has 0 radical (unpaired) electrons. The number of amides is 1. The highest BCUT2D eigenvalue weighted by Gasteiger charge is 2.21. The van der Waals surface area contributed by atoms with E-state index in [-0.39, 0.29) is 18.6 Å². The van der Waals surface area contributed by atoms with Gasteiger partial charge in [0.25, 0.3) is 0 Å². The van der Waals surface area contributed by atoms with E-state index in [1.165, 1.54) is 0 Å². The van der Waals surface area contributed by atoms with Crippen molar-refractivity contribution in [3.05, 3.63) is 12.2 Å². The van der Waals surface area contributed by atoms with Crippen LogP contribution in [-0.2, 0) is 14.3 Å². The van der Waals surface area contributed by atoms with Crippen LogP contribution in [0.4, 0.5) is 4.79 Å². The van der Waals surface area contributed by atoms with Crippen molar-refractivity contribution < 1.29 is 19.1 Å². The number of esters is 1. The van der Waals surface area contributed by atoms with Crippen molar-refractivity contribution in [3.63, 3.8) is 0 Å². The van der Waals surface area contributed by atoms with Gasteiger partial charge in [0.15, 0.2) is 0 Å². The second kappa shape index (κ2) is 9.39. The third-order valence-corrected chi connectivity index (χ3v) is 2.82. The molecule has 1 amide bonds. The molecule has 0 saturated carbocycles. The molecule has 0 heterocycles. The summed E-state index contributed by atoms with van der Waals surface area (Å²) in [5.74, 6) is -0.417. The zero-order valence-corrected chi connectivity index (χ0v) is 13.2. The van der Waals surface area contributed by atoms with Gasteiger partial charge < -0.3 is 14.8 Å². The molecule has 116 valence electrons. The Morgan fingerprint density at radius 1 is 1.25 bits per heavy atom. The molecule has 2 atom stereocenters. The van der Waals surface area contributed by atoms with Crippen molar-refractivity contribution in [2.45, 2.75) is 59.6 Å². The van der Waals surface area contributed by atoms with Gasteiger partial charge in [0, 0.05) is 11.6 Å². The molecule has 0 bridgehead atoms. The molecule has 0 aromatic heterocycles. The molecule has 5 heteroatoms. The second-order valence-electron chi connectivity index (χ2n) is 5.40. The van der Waals surface area contributed by atoms with E-state index in [2.05, 4.69) is 18.8 Å². The fourth-order valence-electron chi connectivity index (χ4n) is 1.52. The van der Waals surface area contributed by atoms with Gasteiger partial charge in [-0.15, -0.1) is 0 Å². The largest absolute Gasteiger partial charge is 0.458 e. The first kappa shape index (κ1) is 18.5. The van der Waals surface area contributed by atoms with Crippen LogP contribution in [0.2, 0.25) is 0 Å². The van der Waals surface area contributed by atoms with Crippen LogP contribution in [-0.4, -0.2) is 30.8 Å². The molecule has 20 heavy (non-hydrogen) atoms. The molecule has 0 rings (SSSR count). The Labute approximate surface area is 121 Å². The highest BCUT2D eigenvalue weighted by atomic mass is 16.6. The van der Waals surface area contributed by atoms with E-state index in [0.717, 1.165) is 12.8 Å². The Morgan fingerprint density at radius 3 is 2.30 bits per heavy atom. The molecular formula is C15H27NO4. The third-order valence-electron chi connectivity index (χ3n) is 2.82. The summed E-state index contributed by atoms with van der Waals surface area (Å²) in [6.45, 7) is 12.9. The van der Waals surface area contributed by atoms with Crippen LogP contribution in [0, 0.1) is 5.92 Å². The number of hydrogen-bond donors (Lipinski definition) is 1. The van der Waals surface area contributed by atoms with E-state index in [4.69, 9.17) is 9.47 Å². The van der Waals surface area contributed by atoms with Crippen molar-refractivity contribution in [3.8, 4) is 0 Å². The summed E-state index contributed by atoms with van der Waals surface area (Å²) >= 11 is 0. The maximum atomic E-state index is 11.7. The monoisotopic (exact) mass is 285 g/mol. The zero-order valence-electron chi connectivity index (χ0n) is 13.2. The molecule has 0 aliphatic carbocycles. The standard InChI is InChI=1S/C15H27NO4/c1-7-8-12(6)16-15(18)20-13(10(2)3)9-19-14(17)11(4)5/h10,12-13H,4,7-9H2,1-3,5-6H3,(H,16,18). The van der Waals surface area contributed by atoms with Crippen LogP contribution in [0.15, 0.2) is 12.2 Å². The van der Waals surface area contributed by atoms with Gasteiger partial charge in [-0.25, -0.2) is 9.59 Å². The summed E-state index contributed by atoms with van der Waals surface area (Å²) in [6, 6.07) is 0.0679. The SMILES string of the molecule is C=C(C)C(=O)OCC(OC(=O)NC(C)CCC)C(C)C. The molecule has 0 spiro atoms. The fraction of sp³-hybridized carbons (Fsp3) is 0.733. The number of carbonyl (C=O) groups is 2. The summed E-state index contributed by atoms with van der Waals surface area (Å²) in [7, 11) is 0. The number of ether oxygens (including phenoxy) is 2. The van der Waals surface area contributed by atoms with Gasteiger partial charge in [-0.05, 0) is 26.2 Å². The third kappa shape index (κ3) is 7.81. The van der Waals surface area contributed by atoms with Crippen molar-refractivity contribution >= 4 is 12.1 Å². The zero-order chi connectivity index (χ0) is 15.7. The summed E-state index contributed by atoms with van der Waals surface area (Å²) < 4.78 is 10.3. The van der Waals surface area contributed by atoms with Gasteiger partial charge in [-0.3, -0.25) is 0 Å². The van der Waals surface area contributed by atoms with Gasteiger partial charge in [-0.2, -0.15) is 0 Å². The lowest BCUT2D eigenvalue weighted by Gasteiger charge is -2.22. The molecule has 0 aromatic rings. The molecule has 0 fully saturated rings. The van der Waals surface area contributed by atoms with Crippen LogP contribution in [0.1, 0.15) is 47.5 Å². The second-order valence-corrected chi connectivity index (χ2v) is 5.40. The van der Waals surface area contributed by atoms with Crippen LogP contribution < -0.4 is 5.32 Å². The molecular weight excluding hydrogens is 258 g/mol. The molecule has 1 N–H and O–H groups in total. The lowest BCUT2D eigenvalue weighted by Crippen LogP contribution is -2.38. The normalized spacial score (nSPS) is 13.5. The number of rotatable bonds is 8. The van der Waals surface area contributed by atoms with E-state index in [9.17, 15) is 9.59 Å². The molecule has 2 unspecified atom stereocenters. The van der Waals surface area contributed by atoms with Crippen LogP contribution in [0.25, 0.3) is 0 Å². The Kier molecular flexibility index (Phi) is 8.68. The van der Waals surface area contributed by atoms with E-state index in [1.807, 2.05) is 20.8 Å². The Bertz CT molecular complexity index is 339. The first-order valence-electron chi connectivity index (χ1n) is 7.07. The molecule has 0 aliphatic heterocycles. The van der Waals surface area contributed by atoms with Gasteiger partial charge >= 0.3 is 12.1 Å². The first-order chi connectivity index (χ1) is 9.27. The predicted octanol–water partition coefficient (Wildman–Crippen LogP) is 3.05. The summed E-state index contributed by atoms with van der Waals surface area (Å²) in [6.07, 6.45) is 0.945. The average Bonchev–Trinajstić information content (AvgIpc) is 2.33. The molecule has 0 saturated heterocycles. The highest BCUT2D eigenvalue weighted by molar-refractivity contribution is 5.86. The minimum atomic E-state index is -0.476. The number of carbonyl (C=O) groups excluding carboxylic acids is 2. The van der Waals surface area contributed by atoms with Crippen LogP contribution in [0.5, 0.6) is 0 Å². The van der Waals surface area contributed by atoms with Gasteiger partial charge in [0.2, 0.25) is 0 Å². The van der Waals surface area contributed by atoms with E-state index in [1.54, 1.807) is 6.92 Å². The van der Waals surface area contributed by atoms with Gasteiger partial charge in [0.1, 0.15) is 12.7 Å². The quantitative estimate of drug-likeness (QED) is 0.550. The minimum Gasteiger partial charge on any atom is -0.458 e. The summed E-state index contributed by atoms with van der Waals surface area (Å²) in [5, 5.41) is 2.76.